The minimum Gasteiger partial charge on any atom is -0.379 e. The Morgan fingerprint density at radius 1 is 1.38 bits per heavy atom. The van der Waals surface area contributed by atoms with Gasteiger partial charge < -0.3 is 5.32 Å². The van der Waals surface area contributed by atoms with Crippen LogP contribution in [0, 0.1) is 10.1 Å². The molecule has 0 atom stereocenters. The van der Waals surface area contributed by atoms with Crippen molar-refractivity contribution in [3.05, 3.63) is 33.9 Å². The zero-order chi connectivity index (χ0) is 16.0. The average molecular weight is 305 g/mol. The Labute approximate surface area is 120 Å². The first kappa shape index (κ1) is 17.2. The monoisotopic (exact) mass is 305 g/mol. The van der Waals surface area contributed by atoms with Crippen LogP contribution in [-0.2, 0) is 6.54 Å². The molecular weight excluding hydrogens is 287 g/mol. The number of alkyl halides is 3. The summed E-state index contributed by atoms with van der Waals surface area (Å²) in [6.07, 6.45) is -3.55. The van der Waals surface area contributed by atoms with Crippen LogP contribution in [0.2, 0.25) is 0 Å². The van der Waals surface area contributed by atoms with Crippen LogP contribution in [0.4, 0.5) is 24.5 Å². The number of rotatable bonds is 7. The number of nitro benzene ring substituents is 1. The summed E-state index contributed by atoms with van der Waals surface area (Å²) in [6, 6.07) is 4.41. The molecule has 0 saturated heterocycles. The van der Waals surface area contributed by atoms with Gasteiger partial charge in [0.25, 0.3) is 5.69 Å². The molecule has 0 fully saturated rings. The van der Waals surface area contributed by atoms with Crippen LogP contribution in [0.25, 0.3) is 0 Å². The van der Waals surface area contributed by atoms with Crippen molar-refractivity contribution in [2.45, 2.75) is 26.1 Å². The molecule has 1 rings (SSSR count). The van der Waals surface area contributed by atoms with Crippen LogP contribution in [0.5, 0.6) is 0 Å². The van der Waals surface area contributed by atoms with Gasteiger partial charge in [-0.3, -0.25) is 15.0 Å². The highest BCUT2D eigenvalue weighted by Crippen LogP contribution is 2.29. The Morgan fingerprint density at radius 3 is 2.57 bits per heavy atom. The van der Waals surface area contributed by atoms with E-state index in [0.29, 0.717) is 17.8 Å². The van der Waals surface area contributed by atoms with Gasteiger partial charge in [-0.2, -0.15) is 13.2 Å². The number of nitrogens with zero attached hydrogens (tertiary/aromatic N) is 2. The number of para-hydroxylation sites is 1. The van der Waals surface area contributed by atoms with E-state index >= 15 is 0 Å². The van der Waals surface area contributed by atoms with Gasteiger partial charge in [0, 0.05) is 19.2 Å². The summed E-state index contributed by atoms with van der Waals surface area (Å²) in [5, 5.41) is 14.0. The molecule has 0 saturated carbocycles. The van der Waals surface area contributed by atoms with Crippen molar-refractivity contribution in [1.82, 2.24) is 4.90 Å². The van der Waals surface area contributed by atoms with E-state index in [9.17, 15) is 23.3 Å². The molecule has 8 heteroatoms. The highest BCUT2D eigenvalue weighted by Gasteiger charge is 2.29. The Bertz CT molecular complexity index is 492. The number of nitro groups is 1. The molecule has 0 spiro atoms. The Morgan fingerprint density at radius 2 is 2.05 bits per heavy atom. The molecule has 0 aliphatic heterocycles. The predicted octanol–water partition coefficient (Wildman–Crippen LogP) is 3.41. The average Bonchev–Trinajstić information content (AvgIpc) is 2.34. The fraction of sp³-hybridized carbons (Fsp3) is 0.538. The standard InChI is InChI=1S/C13H18F3N3O2/c1-3-7-17-12-10(5-4-6-11(12)19(20)21)8-18(2)9-13(14,15)16/h4-6,17H,3,7-9H2,1-2H3. The van der Waals surface area contributed by atoms with Gasteiger partial charge in [-0.05, 0) is 19.0 Å². The maximum atomic E-state index is 12.4. The molecule has 1 N–H and O–H groups in total. The van der Waals surface area contributed by atoms with E-state index in [1.165, 1.54) is 19.2 Å². The maximum absolute atomic E-state index is 12.4. The van der Waals surface area contributed by atoms with Gasteiger partial charge >= 0.3 is 6.18 Å². The molecule has 0 unspecified atom stereocenters. The number of hydrogen-bond donors (Lipinski definition) is 1. The summed E-state index contributed by atoms with van der Waals surface area (Å²) in [7, 11) is 1.33. The van der Waals surface area contributed by atoms with Crippen molar-refractivity contribution < 1.29 is 18.1 Å². The van der Waals surface area contributed by atoms with Gasteiger partial charge in [-0.25, -0.2) is 0 Å². The minimum atomic E-state index is -4.30. The second-order valence-corrected chi connectivity index (χ2v) is 4.78. The summed E-state index contributed by atoms with van der Waals surface area (Å²) in [5.74, 6) is 0. The lowest BCUT2D eigenvalue weighted by Crippen LogP contribution is -2.30. The number of nitrogens with one attached hydrogen (secondary N) is 1. The molecule has 0 aliphatic carbocycles. The van der Waals surface area contributed by atoms with E-state index in [2.05, 4.69) is 5.32 Å². The summed E-state index contributed by atoms with van der Waals surface area (Å²) in [5.41, 5.74) is 0.643. The van der Waals surface area contributed by atoms with Crippen molar-refractivity contribution in [3.63, 3.8) is 0 Å². The molecular formula is C13H18F3N3O2. The van der Waals surface area contributed by atoms with E-state index in [-0.39, 0.29) is 12.2 Å². The van der Waals surface area contributed by atoms with Crippen molar-refractivity contribution >= 4 is 11.4 Å². The van der Waals surface area contributed by atoms with Crippen LogP contribution in [0.1, 0.15) is 18.9 Å². The molecule has 0 amide bonds. The molecule has 0 aliphatic rings. The topological polar surface area (TPSA) is 58.4 Å². The Hall–Kier alpha value is -1.83. The lowest BCUT2D eigenvalue weighted by molar-refractivity contribution is -0.384. The smallest absolute Gasteiger partial charge is 0.379 e. The third kappa shape index (κ3) is 5.58. The molecule has 0 radical (unpaired) electrons. The summed E-state index contributed by atoms with van der Waals surface area (Å²) >= 11 is 0. The molecule has 21 heavy (non-hydrogen) atoms. The molecule has 0 bridgehead atoms. The van der Waals surface area contributed by atoms with Gasteiger partial charge in [0.05, 0.1) is 11.5 Å². The first-order chi connectivity index (χ1) is 9.74. The predicted molar refractivity (Wildman–Crippen MR) is 74.3 cm³/mol. The van der Waals surface area contributed by atoms with Crippen LogP contribution in [0.15, 0.2) is 18.2 Å². The zero-order valence-corrected chi connectivity index (χ0v) is 11.9. The largest absolute Gasteiger partial charge is 0.401 e. The first-order valence-corrected chi connectivity index (χ1v) is 6.50. The zero-order valence-electron chi connectivity index (χ0n) is 11.9. The van der Waals surface area contributed by atoms with Gasteiger partial charge in [0.1, 0.15) is 5.69 Å². The van der Waals surface area contributed by atoms with Crippen molar-refractivity contribution in [2.75, 3.05) is 25.5 Å². The van der Waals surface area contributed by atoms with E-state index in [1.807, 2.05) is 6.92 Å². The highest BCUT2D eigenvalue weighted by molar-refractivity contribution is 5.66. The first-order valence-electron chi connectivity index (χ1n) is 6.50. The molecule has 0 aromatic heterocycles. The SMILES string of the molecule is CCCNc1c(CN(C)CC(F)(F)F)cccc1[N+](=O)[O-]. The van der Waals surface area contributed by atoms with Crippen molar-refractivity contribution in [3.8, 4) is 0 Å². The third-order valence-corrected chi connectivity index (χ3v) is 2.77. The molecule has 1 aromatic rings. The summed E-state index contributed by atoms with van der Waals surface area (Å²) < 4.78 is 37.1. The number of anilines is 1. The van der Waals surface area contributed by atoms with Crippen LogP contribution < -0.4 is 5.32 Å². The van der Waals surface area contributed by atoms with Crippen molar-refractivity contribution in [2.24, 2.45) is 0 Å². The summed E-state index contributed by atoms with van der Waals surface area (Å²) in [6.45, 7) is 1.33. The molecule has 118 valence electrons. The van der Waals surface area contributed by atoms with Crippen LogP contribution in [-0.4, -0.2) is 36.1 Å². The van der Waals surface area contributed by atoms with E-state index < -0.39 is 17.6 Å². The number of halogens is 3. The molecule has 1 aromatic carbocycles. The van der Waals surface area contributed by atoms with Gasteiger partial charge in [-0.1, -0.05) is 19.1 Å². The fourth-order valence-corrected chi connectivity index (χ4v) is 1.98. The van der Waals surface area contributed by atoms with Crippen molar-refractivity contribution in [1.29, 1.82) is 0 Å². The lowest BCUT2D eigenvalue weighted by atomic mass is 10.1. The summed E-state index contributed by atoms with van der Waals surface area (Å²) in [4.78, 5) is 11.6. The second kappa shape index (κ2) is 7.26. The third-order valence-electron chi connectivity index (χ3n) is 2.77. The molecule has 0 heterocycles. The van der Waals surface area contributed by atoms with Crippen LogP contribution in [0.3, 0.4) is 0 Å². The Balaban J connectivity index is 2.99. The minimum absolute atomic E-state index is 0.0206. The van der Waals surface area contributed by atoms with E-state index in [1.54, 1.807) is 6.07 Å². The van der Waals surface area contributed by atoms with Crippen LogP contribution >= 0.6 is 0 Å². The fourth-order valence-electron chi connectivity index (χ4n) is 1.98. The van der Waals surface area contributed by atoms with Gasteiger partial charge in [-0.15, -0.1) is 0 Å². The lowest BCUT2D eigenvalue weighted by Gasteiger charge is -2.20. The van der Waals surface area contributed by atoms with Gasteiger partial charge in [0.15, 0.2) is 0 Å². The Kier molecular flexibility index (Phi) is 5.95. The number of benzene rings is 1. The second-order valence-electron chi connectivity index (χ2n) is 4.78. The normalized spacial score (nSPS) is 11.7. The van der Waals surface area contributed by atoms with E-state index in [0.717, 1.165) is 11.3 Å². The highest BCUT2D eigenvalue weighted by atomic mass is 19.4. The quantitative estimate of drug-likeness (QED) is 0.619. The van der Waals surface area contributed by atoms with Gasteiger partial charge in [0.2, 0.25) is 0 Å². The number of hydrogen-bond acceptors (Lipinski definition) is 4. The maximum Gasteiger partial charge on any atom is 0.401 e. The molecule has 5 nitrogen and oxygen atoms in total. The van der Waals surface area contributed by atoms with E-state index in [4.69, 9.17) is 0 Å².